The van der Waals surface area contributed by atoms with Crippen molar-refractivity contribution in [1.82, 2.24) is 5.32 Å². The van der Waals surface area contributed by atoms with Crippen LogP contribution in [0.15, 0.2) is 24.3 Å². The van der Waals surface area contributed by atoms with Crippen LogP contribution in [0.25, 0.3) is 6.08 Å². The minimum absolute atomic E-state index is 0.0590. The van der Waals surface area contributed by atoms with Gasteiger partial charge in [-0.2, -0.15) is 0 Å². The minimum atomic E-state index is -0.432. The van der Waals surface area contributed by atoms with Gasteiger partial charge in [-0.15, -0.1) is 0 Å². The third kappa shape index (κ3) is 6.40. The summed E-state index contributed by atoms with van der Waals surface area (Å²) in [4.78, 5) is 35.0. The van der Waals surface area contributed by atoms with E-state index in [0.29, 0.717) is 18.1 Å². The Bertz CT molecular complexity index is 734. The minimum Gasteiger partial charge on any atom is -0.493 e. The maximum atomic E-state index is 12.2. The molecule has 0 saturated heterocycles. The smallest absolute Gasteiger partial charge is 0.308 e. The van der Waals surface area contributed by atoms with Crippen LogP contribution >= 0.6 is 0 Å². The second kappa shape index (κ2) is 10.5. The van der Waals surface area contributed by atoms with Gasteiger partial charge in [0.2, 0.25) is 5.91 Å². The van der Waals surface area contributed by atoms with Crippen LogP contribution < -0.4 is 14.8 Å². The summed E-state index contributed by atoms with van der Waals surface area (Å²) in [6, 6.07) is 5.10. The van der Waals surface area contributed by atoms with E-state index < -0.39 is 5.97 Å². The van der Waals surface area contributed by atoms with Gasteiger partial charge in [0.05, 0.1) is 19.6 Å². The highest BCUT2D eigenvalue weighted by Crippen LogP contribution is 2.29. The van der Waals surface area contributed by atoms with Crippen molar-refractivity contribution in [3.05, 3.63) is 29.8 Å². The quantitative estimate of drug-likeness (QED) is 0.438. The molecule has 0 heterocycles. The molecule has 7 nitrogen and oxygen atoms in total. The number of carbonyl (C=O) groups is 3. The van der Waals surface area contributed by atoms with E-state index in [0.717, 1.165) is 31.2 Å². The molecule has 0 aromatic heterocycles. The molecule has 0 aliphatic heterocycles. The average molecular weight is 389 g/mol. The van der Waals surface area contributed by atoms with Gasteiger partial charge in [0.25, 0.3) is 0 Å². The molecule has 2 rings (SSSR count). The molecule has 1 aliphatic carbocycles. The number of esters is 2. The van der Waals surface area contributed by atoms with Crippen molar-refractivity contribution in [1.29, 1.82) is 0 Å². The lowest BCUT2D eigenvalue weighted by Gasteiger charge is -2.27. The molecule has 1 aliphatic rings. The maximum absolute atomic E-state index is 12.2. The van der Waals surface area contributed by atoms with Gasteiger partial charge in [-0.3, -0.25) is 14.4 Å². The van der Waals surface area contributed by atoms with Gasteiger partial charge in [0, 0.05) is 19.0 Å². The monoisotopic (exact) mass is 389 g/mol. The topological polar surface area (TPSA) is 90.9 Å². The predicted octanol–water partition coefficient (Wildman–Crippen LogP) is 2.87. The molecular formula is C21H27NO6. The molecule has 28 heavy (non-hydrogen) atoms. The van der Waals surface area contributed by atoms with E-state index in [-0.39, 0.29) is 23.8 Å². The molecule has 152 valence electrons. The van der Waals surface area contributed by atoms with E-state index in [9.17, 15) is 14.4 Å². The third-order valence-electron chi connectivity index (χ3n) is 4.56. The number of amides is 1. The van der Waals surface area contributed by atoms with Crippen molar-refractivity contribution in [2.75, 3.05) is 13.7 Å². The van der Waals surface area contributed by atoms with Crippen molar-refractivity contribution in [3.8, 4) is 11.5 Å². The Labute approximate surface area is 165 Å². The van der Waals surface area contributed by atoms with Gasteiger partial charge in [-0.1, -0.05) is 6.07 Å². The van der Waals surface area contributed by atoms with E-state index in [4.69, 9.17) is 14.2 Å². The van der Waals surface area contributed by atoms with Gasteiger partial charge in [-0.05, 0) is 56.4 Å². The highest BCUT2D eigenvalue weighted by molar-refractivity contribution is 5.92. The normalized spacial score (nSPS) is 19.1. The van der Waals surface area contributed by atoms with E-state index >= 15 is 0 Å². The summed E-state index contributed by atoms with van der Waals surface area (Å²) in [6.45, 7) is 3.51. The van der Waals surface area contributed by atoms with Crippen LogP contribution in [-0.4, -0.2) is 37.6 Å². The molecule has 0 unspecified atom stereocenters. The van der Waals surface area contributed by atoms with Crippen molar-refractivity contribution >= 4 is 23.9 Å². The van der Waals surface area contributed by atoms with Crippen LogP contribution in [0.5, 0.6) is 11.5 Å². The number of benzene rings is 1. The molecule has 0 bridgehead atoms. The number of methoxy groups -OCH3 is 1. The Morgan fingerprint density at radius 3 is 2.46 bits per heavy atom. The molecule has 1 N–H and O–H groups in total. The summed E-state index contributed by atoms with van der Waals surface area (Å²) in [5.74, 6) is -0.0866. The first-order valence-corrected chi connectivity index (χ1v) is 9.44. The first kappa shape index (κ1) is 21.5. The standard InChI is InChI=1S/C21H27NO6/c1-4-27-21(25)16-7-9-17(10-8-16)22-20(24)12-6-15-5-11-18(28-14(2)23)19(13-15)26-3/h5-6,11-13,16-17H,4,7-10H2,1-3H3,(H,22,24)/b12-6+. The average Bonchev–Trinajstić information content (AvgIpc) is 2.67. The van der Waals surface area contributed by atoms with Gasteiger partial charge < -0.3 is 19.5 Å². The van der Waals surface area contributed by atoms with Crippen LogP contribution in [-0.2, 0) is 19.1 Å². The fourth-order valence-electron chi connectivity index (χ4n) is 3.18. The van der Waals surface area contributed by atoms with Crippen molar-refractivity contribution < 1.29 is 28.6 Å². The predicted molar refractivity (Wildman–Crippen MR) is 104 cm³/mol. The molecular weight excluding hydrogens is 362 g/mol. The number of carbonyl (C=O) groups excluding carboxylic acids is 3. The van der Waals surface area contributed by atoms with E-state index in [1.165, 1.54) is 20.1 Å². The fraction of sp³-hybridized carbons (Fsp3) is 0.476. The molecule has 1 fully saturated rings. The van der Waals surface area contributed by atoms with Crippen molar-refractivity contribution in [2.45, 2.75) is 45.6 Å². The molecule has 0 radical (unpaired) electrons. The fourth-order valence-corrected chi connectivity index (χ4v) is 3.18. The molecule has 1 amide bonds. The zero-order valence-corrected chi connectivity index (χ0v) is 16.5. The van der Waals surface area contributed by atoms with Crippen LogP contribution in [0.4, 0.5) is 0 Å². The van der Waals surface area contributed by atoms with Crippen LogP contribution in [0.1, 0.15) is 45.1 Å². The molecule has 0 atom stereocenters. The van der Waals surface area contributed by atoms with Crippen LogP contribution in [0.2, 0.25) is 0 Å². The number of hydrogen-bond donors (Lipinski definition) is 1. The zero-order valence-electron chi connectivity index (χ0n) is 16.5. The number of nitrogens with one attached hydrogen (secondary N) is 1. The van der Waals surface area contributed by atoms with Crippen molar-refractivity contribution in [3.63, 3.8) is 0 Å². The Morgan fingerprint density at radius 1 is 1.14 bits per heavy atom. The molecule has 1 saturated carbocycles. The summed E-state index contributed by atoms with van der Waals surface area (Å²) in [5, 5.41) is 2.97. The molecule has 1 aromatic carbocycles. The molecule has 0 spiro atoms. The van der Waals surface area contributed by atoms with Gasteiger partial charge in [0.15, 0.2) is 11.5 Å². The summed E-state index contributed by atoms with van der Waals surface area (Å²) in [5.41, 5.74) is 0.744. The Balaban J connectivity index is 1.87. The lowest BCUT2D eigenvalue weighted by atomic mass is 9.86. The summed E-state index contributed by atoms with van der Waals surface area (Å²) < 4.78 is 15.3. The van der Waals surface area contributed by atoms with E-state index in [1.54, 1.807) is 31.2 Å². The van der Waals surface area contributed by atoms with Crippen LogP contribution in [0.3, 0.4) is 0 Å². The summed E-state index contributed by atoms with van der Waals surface area (Å²) in [6.07, 6.45) is 6.09. The largest absolute Gasteiger partial charge is 0.493 e. The highest BCUT2D eigenvalue weighted by Gasteiger charge is 2.27. The first-order valence-electron chi connectivity index (χ1n) is 9.44. The lowest BCUT2D eigenvalue weighted by molar-refractivity contribution is -0.149. The maximum Gasteiger partial charge on any atom is 0.308 e. The first-order chi connectivity index (χ1) is 13.4. The van der Waals surface area contributed by atoms with Gasteiger partial charge in [-0.25, -0.2) is 0 Å². The zero-order chi connectivity index (χ0) is 20.5. The second-order valence-corrected chi connectivity index (χ2v) is 6.65. The van der Waals surface area contributed by atoms with Crippen molar-refractivity contribution in [2.24, 2.45) is 5.92 Å². The second-order valence-electron chi connectivity index (χ2n) is 6.65. The van der Waals surface area contributed by atoms with Gasteiger partial charge >= 0.3 is 11.9 Å². The number of ether oxygens (including phenoxy) is 3. The lowest BCUT2D eigenvalue weighted by Crippen LogP contribution is -2.38. The Morgan fingerprint density at radius 2 is 1.86 bits per heavy atom. The summed E-state index contributed by atoms with van der Waals surface area (Å²) >= 11 is 0. The third-order valence-corrected chi connectivity index (χ3v) is 4.56. The number of rotatable bonds is 7. The molecule has 1 aromatic rings. The number of hydrogen-bond acceptors (Lipinski definition) is 6. The summed E-state index contributed by atoms with van der Waals surface area (Å²) in [7, 11) is 1.48. The Hall–Kier alpha value is -2.83. The van der Waals surface area contributed by atoms with E-state index in [2.05, 4.69) is 5.32 Å². The SMILES string of the molecule is CCOC(=O)C1CCC(NC(=O)/C=C/c2ccc(OC(C)=O)c(OC)c2)CC1. The van der Waals surface area contributed by atoms with E-state index in [1.807, 2.05) is 0 Å². The highest BCUT2D eigenvalue weighted by atomic mass is 16.6. The van der Waals surface area contributed by atoms with Gasteiger partial charge in [0.1, 0.15) is 0 Å². The Kier molecular flexibility index (Phi) is 8.04. The molecule has 7 heteroatoms. The van der Waals surface area contributed by atoms with Crippen LogP contribution in [0, 0.1) is 5.92 Å².